The Morgan fingerprint density at radius 1 is 1.32 bits per heavy atom. The average molecular weight is 424 g/mol. The van der Waals surface area contributed by atoms with E-state index >= 15 is 0 Å². The van der Waals surface area contributed by atoms with Crippen LogP contribution >= 0.6 is 23.2 Å². The van der Waals surface area contributed by atoms with Crippen molar-refractivity contribution in [3.63, 3.8) is 0 Å². The van der Waals surface area contributed by atoms with Crippen LogP contribution in [0, 0.1) is 17.0 Å². The average Bonchev–Trinajstić information content (AvgIpc) is 3.23. The fourth-order valence-electron chi connectivity index (χ4n) is 2.53. The summed E-state index contributed by atoms with van der Waals surface area (Å²) in [7, 11) is 0. The molecule has 146 valence electrons. The Labute approximate surface area is 169 Å². The lowest BCUT2D eigenvalue weighted by Crippen LogP contribution is -2.25. The van der Waals surface area contributed by atoms with E-state index in [-0.39, 0.29) is 11.8 Å². The quantitative estimate of drug-likeness (QED) is 0.479. The Kier molecular flexibility index (Phi) is 5.61. The molecule has 0 aliphatic carbocycles. The van der Waals surface area contributed by atoms with Gasteiger partial charge in [-0.15, -0.1) is 5.10 Å². The smallest absolute Gasteiger partial charge is 0.358 e. The lowest BCUT2D eigenvalue weighted by Gasteiger charge is -2.09. The van der Waals surface area contributed by atoms with Crippen LogP contribution in [0.3, 0.4) is 0 Å². The summed E-state index contributed by atoms with van der Waals surface area (Å²) in [6, 6.07) is 5.64. The SMILES string of the molecule is Cc1cc([N+](=O)[O-])nn1C(C)C(=O)Nc1ncn(Cc2ccc(Cl)cc2Cl)n1. The molecule has 28 heavy (non-hydrogen) atoms. The molecule has 1 unspecified atom stereocenters. The van der Waals surface area contributed by atoms with Crippen molar-refractivity contribution in [1.82, 2.24) is 24.5 Å². The molecule has 10 nitrogen and oxygen atoms in total. The number of carbonyl (C=O) groups is 1. The van der Waals surface area contributed by atoms with E-state index in [0.717, 1.165) is 5.56 Å². The van der Waals surface area contributed by atoms with E-state index in [2.05, 4.69) is 20.5 Å². The molecule has 1 atom stereocenters. The van der Waals surface area contributed by atoms with Crippen LogP contribution in [0.4, 0.5) is 11.8 Å². The van der Waals surface area contributed by atoms with Crippen LogP contribution in [0.5, 0.6) is 0 Å². The van der Waals surface area contributed by atoms with Crippen molar-refractivity contribution in [3.8, 4) is 0 Å². The van der Waals surface area contributed by atoms with Crippen LogP contribution < -0.4 is 5.32 Å². The summed E-state index contributed by atoms with van der Waals surface area (Å²) < 4.78 is 2.79. The number of aryl methyl sites for hydroxylation is 1. The number of nitro groups is 1. The van der Waals surface area contributed by atoms with Gasteiger partial charge >= 0.3 is 5.82 Å². The van der Waals surface area contributed by atoms with Crippen molar-refractivity contribution in [2.75, 3.05) is 5.32 Å². The van der Waals surface area contributed by atoms with Crippen molar-refractivity contribution in [2.24, 2.45) is 0 Å². The first-order valence-electron chi connectivity index (χ1n) is 8.09. The zero-order chi connectivity index (χ0) is 20.4. The number of hydrogen-bond donors (Lipinski definition) is 1. The number of halogens is 2. The highest BCUT2D eigenvalue weighted by molar-refractivity contribution is 6.35. The molecule has 0 saturated heterocycles. The van der Waals surface area contributed by atoms with E-state index in [0.29, 0.717) is 22.3 Å². The van der Waals surface area contributed by atoms with E-state index in [1.807, 2.05) is 0 Å². The Bertz CT molecular complexity index is 1050. The minimum absolute atomic E-state index is 0.0984. The number of hydrogen-bond acceptors (Lipinski definition) is 6. The number of amides is 1. The van der Waals surface area contributed by atoms with Crippen molar-refractivity contribution >= 4 is 40.9 Å². The van der Waals surface area contributed by atoms with Crippen molar-refractivity contribution in [3.05, 3.63) is 62.0 Å². The number of aromatic nitrogens is 5. The van der Waals surface area contributed by atoms with Crippen LogP contribution in [0.15, 0.2) is 30.6 Å². The molecule has 0 bridgehead atoms. The predicted octanol–water partition coefficient (Wildman–Crippen LogP) is 3.25. The largest absolute Gasteiger partial charge is 0.390 e. The Morgan fingerprint density at radius 2 is 2.07 bits per heavy atom. The number of anilines is 1. The normalized spacial score (nSPS) is 12.0. The van der Waals surface area contributed by atoms with Gasteiger partial charge in [0.15, 0.2) is 0 Å². The first-order valence-corrected chi connectivity index (χ1v) is 8.85. The molecule has 1 aromatic carbocycles. The lowest BCUT2D eigenvalue weighted by atomic mass is 10.2. The minimum Gasteiger partial charge on any atom is -0.358 e. The van der Waals surface area contributed by atoms with Gasteiger partial charge in [-0.1, -0.05) is 29.3 Å². The van der Waals surface area contributed by atoms with Crippen LogP contribution in [0.2, 0.25) is 10.0 Å². The van der Waals surface area contributed by atoms with Gasteiger partial charge in [0.05, 0.1) is 23.4 Å². The summed E-state index contributed by atoms with van der Waals surface area (Å²) >= 11 is 12.0. The third kappa shape index (κ3) is 4.29. The van der Waals surface area contributed by atoms with Crippen LogP contribution in [-0.2, 0) is 11.3 Å². The monoisotopic (exact) mass is 423 g/mol. The summed E-state index contributed by atoms with van der Waals surface area (Å²) in [4.78, 5) is 26.7. The Hall–Kier alpha value is -2.98. The van der Waals surface area contributed by atoms with Crippen molar-refractivity contribution in [1.29, 1.82) is 0 Å². The summed E-state index contributed by atoms with van der Waals surface area (Å²) in [6.07, 6.45) is 1.45. The number of nitrogens with one attached hydrogen (secondary N) is 1. The second-order valence-corrected chi connectivity index (χ2v) is 6.86. The van der Waals surface area contributed by atoms with E-state index < -0.39 is 16.9 Å². The van der Waals surface area contributed by atoms with Gasteiger partial charge in [-0.3, -0.25) is 10.1 Å². The molecule has 12 heteroatoms. The third-order valence-corrected chi connectivity index (χ3v) is 4.55. The molecule has 0 aliphatic heterocycles. The predicted molar refractivity (Wildman–Crippen MR) is 103 cm³/mol. The molecule has 1 amide bonds. The maximum atomic E-state index is 12.4. The fourth-order valence-corrected chi connectivity index (χ4v) is 3.00. The van der Waals surface area contributed by atoms with Crippen LogP contribution in [-0.4, -0.2) is 35.4 Å². The van der Waals surface area contributed by atoms with Gasteiger partial charge in [-0.25, -0.2) is 9.67 Å². The number of rotatable bonds is 6. The van der Waals surface area contributed by atoms with Crippen molar-refractivity contribution < 1.29 is 9.72 Å². The maximum absolute atomic E-state index is 12.4. The number of carbonyl (C=O) groups excluding carboxylic acids is 1. The zero-order valence-corrected chi connectivity index (χ0v) is 16.3. The van der Waals surface area contributed by atoms with Gasteiger partial charge in [-0.05, 0) is 36.5 Å². The third-order valence-electron chi connectivity index (χ3n) is 3.96. The van der Waals surface area contributed by atoms with Gasteiger partial charge in [0.25, 0.3) is 5.91 Å². The number of benzene rings is 1. The highest BCUT2D eigenvalue weighted by Crippen LogP contribution is 2.22. The minimum atomic E-state index is -0.786. The fraction of sp³-hybridized carbons (Fsp3) is 0.250. The summed E-state index contributed by atoms with van der Waals surface area (Å²) in [6.45, 7) is 3.55. The van der Waals surface area contributed by atoms with E-state index in [9.17, 15) is 14.9 Å². The molecule has 3 aromatic rings. The number of nitrogens with zero attached hydrogens (tertiary/aromatic N) is 6. The van der Waals surface area contributed by atoms with Crippen LogP contribution in [0.1, 0.15) is 24.2 Å². The second-order valence-electron chi connectivity index (χ2n) is 6.01. The van der Waals surface area contributed by atoms with E-state index in [1.165, 1.54) is 21.8 Å². The van der Waals surface area contributed by atoms with E-state index in [1.54, 1.807) is 32.0 Å². The summed E-state index contributed by atoms with van der Waals surface area (Å²) in [5.74, 6) is -0.677. The maximum Gasteiger partial charge on any atom is 0.390 e. The van der Waals surface area contributed by atoms with Gasteiger partial charge in [0.1, 0.15) is 12.4 Å². The van der Waals surface area contributed by atoms with E-state index in [4.69, 9.17) is 23.2 Å². The summed E-state index contributed by atoms with van der Waals surface area (Å²) in [5, 5.41) is 22.5. The zero-order valence-electron chi connectivity index (χ0n) is 14.8. The molecular formula is C16H15Cl2N7O3. The van der Waals surface area contributed by atoms with Gasteiger partial charge in [-0.2, -0.15) is 4.68 Å². The molecule has 2 heterocycles. The molecule has 0 spiro atoms. The Balaban J connectivity index is 1.69. The molecule has 3 rings (SSSR count). The first kappa shape index (κ1) is 19.8. The molecule has 1 N–H and O–H groups in total. The standard InChI is InChI=1S/C16H15Cl2N7O3/c1-9-5-14(25(27)28)21-24(9)10(2)15(26)20-16-19-8-23(22-16)7-11-3-4-12(17)6-13(11)18/h3-6,8,10H,7H2,1-2H3,(H,20,22,26). The molecule has 0 radical (unpaired) electrons. The molecule has 0 aliphatic rings. The first-order chi connectivity index (χ1) is 13.2. The van der Waals surface area contributed by atoms with Gasteiger partial charge in [0.2, 0.25) is 5.95 Å². The van der Waals surface area contributed by atoms with Gasteiger partial charge < -0.3 is 10.1 Å². The summed E-state index contributed by atoms with van der Waals surface area (Å²) in [5.41, 5.74) is 1.28. The van der Waals surface area contributed by atoms with Gasteiger partial charge in [0, 0.05) is 10.0 Å². The molecule has 0 saturated carbocycles. The topological polar surface area (TPSA) is 121 Å². The second kappa shape index (κ2) is 7.95. The molecule has 0 fully saturated rings. The molecule has 2 aromatic heterocycles. The highest BCUT2D eigenvalue weighted by Gasteiger charge is 2.25. The van der Waals surface area contributed by atoms with Crippen LogP contribution in [0.25, 0.3) is 0 Å². The molecular weight excluding hydrogens is 409 g/mol. The lowest BCUT2D eigenvalue weighted by molar-refractivity contribution is -0.389. The highest BCUT2D eigenvalue weighted by atomic mass is 35.5. The van der Waals surface area contributed by atoms with Crippen molar-refractivity contribution in [2.45, 2.75) is 26.4 Å². The Morgan fingerprint density at radius 3 is 2.71 bits per heavy atom.